The monoisotopic (exact) mass is 301 g/mol. The molecule has 0 saturated heterocycles. The van der Waals surface area contributed by atoms with Gasteiger partial charge in [0.15, 0.2) is 6.61 Å². The predicted molar refractivity (Wildman–Crippen MR) is 79.9 cm³/mol. The minimum absolute atomic E-state index is 0.183. The van der Waals surface area contributed by atoms with E-state index in [0.29, 0.717) is 28.2 Å². The van der Waals surface area contributed by atoms with E-state index in [2.05, 4.69) is 10.1 Å². The van der Waals surface area contributed by atoms with Crippen LogP contribution >= 0.6 is 11.6 Å². The average molecular weight is 302 g/mol. The van der Waals surface area contributed by atoms with Crippen molar-refractivity contribution in [1.82, 2.24) is 10.1 Å². The number of ether oxygens (including phenoxy) is 1. The molecule has 0 radical (unpaired) electrons. The smallest absolute Gasteiger partial charge is 0.264 e. The zero-order chi connectivity index (χ0) is 14.7. The molecule has 0 saturated carbocycles. The van der Waals surface area contributed by atoms with E-state index in [9.17, 15) is 0 Å². The van der Waals surface area contributed by atoms with Gasteiger partial charge in [-0.1, -0.05) is 22.8 Å². The first-order valence-electron chi connectivity index (χ1n) is 6.27. The molecule has 0 amide bonds. The van der Waals surface area contributed by atoms with Crippen LogP contribution in [0.25, 0.3) is 11.4 Å². The summed E-state index contributed by atoms with van der Waals surface area (Å²) < 4.78 is 10.7. The molecule has 0 spiro atoms. The highest BCUT2D eigenvalue weighted by molar-refractivity contribution is 6.30. The summed E-state index contributed by atoms with van der Waals surface area (Å²) in [5.41, 5.74) is 7.16. The zero-order valence-corrected chi connectivity index (χ0v) is 11.7. The fraction of sp³-hybridized carbons (Fsp3) is 0.0667. The fourth-order valence-corrected chi connectivity index (χ4v) is 1.95. The SMILES string of the molecule is Nc1ccc(-c2noc(COc3cccc(Cl)c3)n2)cc1. The summed E-state index contributed by atoms with van der Waals surface area (Å²) in [5, 5.41) is 4.52. The highest BCUT2D eigenvalue weighted by atomic mass is 35.5. The zero-order valence-electron chi connectivity index (χ0n) is 11.0. The van der Waals surface area contributed by atoms with E-state index >= 15 is 0 Å². The average Bonchev–Trinajstić information content (AvgIpc) is 2.95. The molecule has 5 nitrogen and oxygen atoms in total. The van der Waals surface area contributed by atoms with Crippen molar-refractivity contribution in [2.24, 2.45) is 0 Å². The van der Waals surface area contributed by atoms with Gasteiger partial charge in [0, 0.05) is 16.3 Å². The maximum Gasteiger partial charge on any atom is 0.264 e. The van der Waals surface area contributed by atoms with Crippen LogP contribution in [-0.2, 0) is 6.61 Å². The summed E-state index contributed by atoms with van der Waals surface area (Å²) in [7, 11) is 0. The molecule has 0 aliphatic rings. The molecule has 0 atom stereocenters. The molecule has 0 aliphatic heterocycles. The van der Waals surface area contributed by atoms with E-state index in [1.165, 1.54) is 0 Å². The second kappa shape index (κ2) is 5.85. The largest absolute Gasteiger partial charge is 0.484 e. The molecule has 1 heterocycles. The summed E-state index contributed by atoms with van der Waals surface area (Å²) in [6, 6.07) is 14.4. The predicted octanol–water partition coefficient (Wildman–Crippen LogP) is 3.55. The van der Waals surface area contributed by atoms with Crippen molar-refractivity contribution in [3.63, 3.8) is 0 Å². The van der Waals surface area contributed by atoms with E-state index < -0.39 is 0 Å². The highest BCUT2D eigenvalue weighted by Crippen LogP contribution is 2.20. The minimum Gasteiger partial charge on any atom is -0.484 e. The number of aromatic nitrogens is 2. The van der Waals surface area contributed by atoms with Gasteiger partial charge in [-0.05, 0) is 42.5 Å². The number of rotatable bonds is 4. The van der Waals surface area contributed by atoms with Crippen molar-refractivity contribution < 1.29 is 9.26 Å². The van der Waals surface area contributed by atoms with Crippen LogP contribution < -0.4 is 10.5 Å². The molecule has 2 N–H and O–H groups in total. The normalized spacial score (nSPS) is 10.5. The third-order valence-corrected chi connectivity index (χ3v) is 3.03. The molecule has 0 fully saturated rings. The quantitative estimate of drug-likeness (QED) is 0.746. The van der Waals surface area contributed by atoms with Crippen molar-refractivity contribution in [1.29, 1.82) is 0 Å². The van der Waals surface area contributed by atoms with Gasteiger partial charge in [-0.2, -0.15) is 4.98 Å². The lowest BCUT2D eigenvalue weighted by Gasteiger charge is -2.02. The number of halogens is 1. The standard InChI is InChI=1S/C15H12ClN3O2/c16-11-2-1-3-13(8-11)20-9-14-18-15(19-21-14)10-4-6-12(17)7-5-10/h1-8H,9,17H2. The number of hydrogen-bond donors (Lipinski definition) is 1. The minimum atomic E-state index is 0.183. The lowest BCUT2D eigenvalue weighted by molar-refractivity contribution is 0.243. The maximum atomic E-state index is 5.88. The molecule has 0 bridgehead atoms. The van der Waals surface area contributed by atoms with Crippen LogP contribution in [0.5, 0.6) is 5.75 Å². The molecule has 21 heavy (non-hydrogen) atoms. The first kappa shape index (κ1) is 13.5. The Balaban J connectivity index is 1.69. The Labute approximate surface area is 126 Å². The summed E-state index contributed by atoms with van der Waals surface area (Å²) in [5.74, 6) is 1.54. The van der Waals surface area contributed by atoms with Gasteiger partial charge in [0.1, 0.15) is 5.75 Å². The summed E-state index contributed by atoms with van der Waals surface area (Å²) in [4.78, 5) is 4.27. The Morgan fingerprint density at radius 2 is 1.95 bits per heavy atom. The van der Waals surface area contributed by atoms with Gasteiger partial charge in [0.25, 0.3) is 5.89 Å². The molecule has 3 rings (SSSR count). The van der Waals surface area contributed by atoms with Gasteiger partial charge >= 0.3 is 0 Å². The van der Waals surface area contributed by atoms with E-state index in [-0.39, 0.29) is 6.61 Å². The summed E-state index contributed by atoms with van der Waals surface area (Å²) in [6.07, 6.45) is 0. The van der Waals surface area contributed by atoms with Gasteiger partial charge in [-0.3, -0.25) is 0 Å². The summed E-state index contributed by atoms with van der Waals surface area (Å²) >= 11 is 5.88. The molecular formula is C15H12ClN3O2. The van der Waals surface area contributed by atoms with Crippen molar-refractivity contribution in [3.05, 3.63) is 59.4 Å². The molecule has 1 aromatic heterocycles. The van der Waals surface area contributed by atoms with Crippen LogP contribution in [0.4, 0.5) is 5.69 Å². The lowest BCUT2D eigenvalue weighted by Crippen LogP contribution is -1.95. The Kier molecular flexibility index (Phi) is 3.75. The van der Waals surface area contributed by atoms with E-state index in [1.807, 2.05) is 24.3 Å². The molecule has 106 valence electrons. The Morgan fingerprint density at radius 1 is 1.14 bits per heavy atom. The van der Waals surface area contributed by atoms with Crippen LogP contribution in [0.1, 0.15) is 5.89 Å². The van der Waals surface area contributed by atoms with Gasteiger partial charge in [-0.25, -0.2) is 0 Å². The van der Waals surface area contributed by atoms with Crippen LogP contribution in [0.15, 0.2) is 53.1 Å². The third-order valence-electron chi connectivity index (χ3n) is 2.80. The number of benzene rings is 2. The van der Waals surface area contributed by atoms with Crippen LogP contribution in [0, 0.1) is 0 Å². The van der Waals surface area contributed by atoms with Crippen LogP contribution in [0.3, 0.4) is 0 Å². The lowest BCUT2D eigenvalue weighted by atomic mass is 10.2. The number of nitrogens with zero attached hydrogens (tertiary/aromatic N) is 2. The van der Waals surface area contributed by atoms with Gasteiger partial charge in [0.05, 0.1) is 0 Å². The Bertz CT molecular complexity index is 741. The molecule has 3 aromatic rings. The second-order valence-corrected chi connectivity index (χ2v) is 4.82. The van der Waals surface area contributed by atoms with E-state index in [4.69, 9.17) is 26.6 Å². The highest BCUT2D eigenvalue weighted by Gasteiger charge is 2.09. The number of nitrogen functional groups attached to an aromatic ring is 1. The second-order valence-electron chi connectivity index (χ2n) is 4.38. The topological polar surface area (TPSA) is 74.2 Å². The molecule has 0 unspecified atom stereocenters. The van der Waals surface area contributed by atoms with E-state index in [0.717, 1.165) is 5.56 Å². The van der Waals surface area contributed by atoms with Crippen molar-refractivity contribution in [2.45, 2.75) is 6.61 Å². The Hall–Kier alpha value is -2.53. The van der Waals surface area contributed by atoms with Crippen molar-refractivity contribution in [2.75, 3.05) is 5.73 Å². The molecule has 2 aromatic carbocycles. The van der Waals surface area contributed by atoms with Crippen LogP contribution in [-0.4, -0.2) is 10.1 Å². The van der Waals surface area contributed by atoms with Gasteiger partial charge in [-0.15, -0.1) is 0 Å². The fourth-order valence-electron chi connectivity index (χ4n) is 1.76. The number of nitrogens with two attached hydrogens (primary N) is 1. The van der Waals surface area contributed by atoms with E-state index in [1.54, 1.807) is 24.3 Å². The van der Waals surface area contributed by atoms with Gasteiger partial charge in [0.2, 0.25) is 5.82 Å². The Morgan fingerprint density at radius 3 is 2.71 bits per heavy atom. The number of anilines is 1. The van der Waals surface area contributed by atoms with Crippen molar-refractivity contribution in [3.8, 4) is 17.1 Å². The third kappa shape index (κ3) is 3.32. The first-order valence-corrected chi connectivity index (χ1v) is 6.65. The first-order chi connectivity index (χ1) is 10.2. The summed E-state index contributed by atoms with van der Waals surface area (Å²) in [6.45, 7) is 0.183. The van der Waals surface area contributed by atoms with Crippen LogP contribution in [0.2, 0.25) is 5.02 Å². The molecule has 6 heteroatoms. The molecule has 0 aliphatic carbocycles. The van der Waals surface area contributed by atoms with Crippen molar-refractivity contribution >= 4 is 17.3 Å². The van der Waals surface area contributed by atoms with Gasteiger partial charge < -0.3 is 15.0 Å². The maximum absolute atomic E-state index is 5.88. The molecular weight excluding hydrogens is 290 g/mol. The number of hydrogen-bond acceptors (Lipinski definition) is 5.